The number of nitriles is 1. The molecule has 6 nitrogen and oxygen atoms in total. The number of nitrogens with two attached hydrogens (primary N) is 1. The summed E-state index contributed by atoms with van der Waals surface area (Å²) in [7, 11) is 1.57. The molecule has 0 unspecified atom stereocenters. The molecule has 1 aromatic carbocycles. The van der Waals surface area contributed by atoms with Crippen LogP contribution in [-0.2, 0) is 17.8 Å². The first-order chi connectivity index (χ1) is 11.2. The predicted octanol–water partition coefficient (Wildman–Crippen LogP) is 2.63. The quantitative estimate of drug-likeness (QED) is 0.901. The zero-order valence-electron chi connectivity index (χ0n) is 13.1. The third kappa shape index (κ3) is 2.67. The SMILES string of the molecule is CCc1ccc([C@@H]2C(C#N)=C(N)Nc3oc(COC)nc32)cc1. The standard InChI is InChI=1S/C17H18N4O2/c1-3-10-4-6-11(7-5-10)14-12(8-18)16(19)21-17-15(14)20-13(23-17)9-22-2/h4-7,14,21H,3,9,19H2,1-2H3/t14-/m1/s1. The van der Waals surface area contributed by atoms with Crippen LogP contribution in [0.2, 0.25) is 0 Å². The Labute approximate surface area is 134 Å². The second-order valence-corrected chi connectivity index (χ2v) is 5.35. The molecule has 3 N–H and O–H groups in total. The first-order valence-corrected chi connectivity index (χ1v) is 7.42. The van der Waals surface area contributed by atoms with Crippen LogP contribution in [0.25, 0.3) is 0 Å². The molecular formula is C17H18N4O2. The number of aryl methyl sites for hydroxylation is 1. The monoisotopic (exact) mass is 310 g/mol. The molecule has 0 amide bonds. The lowest BCUT2D eigenvalue weighted by Gasteiger charge is -2.22. The van der Waals surface area contributed by atoms with Crippen LogP contribution in [0.1, 0.15) is 35.6 Å². The number of benzene rings is 1. The number of hydrogen-bond acceptors (Lipinski definition) is 6. The number of methoxy groups -OCH3 is 1. The van der Waals surface area contributed by atoms with Gasteiger partial charge in [-0.2, -0.15) is 5.26 Å². The maximum atomic E-state index is 9.52. The summed E-state index contributed by atoms with van der Waals surface area (Å²) < 4.78 is 10.7. The lowest BCUT2D eigenvalue weighted by atomic mass is 9.86. The van der Waals surface area contributed by atoms with Crippen LogP contribution in [0.15, 0.2) is 40.1 Å². The number of anilines is 1. The number of fused-ring (bicyclic) bond motifs is 1. The Hall–Kier alpha value is -2.78. The first-order valence-electron chi connectivity index (χ1n) is 7.42. The van der Waals surface area contributed by atoms with Crippen molar-refractivity contribution in [1.29, 1.82) is 5.26 Å². The highest BCUT2D eigenvalue weighted by molar-refractivity contribution is 5.61. The largest absolute Gasteiger partial charge is 0.422 e. The lowest BCUT2D eigenvalue weighted by molar-refractivity contribution is 0.160. The smallest absolute Gasteiger partial charge is 0.223 e. The fourth-order valence-corrected chi connectivity index (χ4v) is 2.73. The number of allylic oxidation sites excluding steroid dienone is 1. The Morgan fingerprint density at radius 2 is 2.13 bits per heavy atom. The van der Waals surface area contributed by atoms with Gasteiger partial charge >= 0.3 is 0 Å². The van der Waals surface area contributed by atoms with Crippen molar-refractivity contribution in [1.82, 2.24) is 4.98 Å². The molecule has 1 atom stereocenters. The Bertz CT molecular complexity index is 784. The van der Waals surface area contributed by atoms with Crippen molar-refractivity contribution in [3.63, 3.8) is 0 Å². The maximum absolute atomic E-state index is 9.52. The Kier molecular flexibility index (Phi) is 4.04. The molecule has 0 fully saturated rings. The normalized spacial score (nSPS) is 16.7. The summed E-state index contributed by atoms with van der Waals surface area (Å²) in [6.07, 6.45) is 0.961. The summed E-state index contributed by atoms with van der Waals surface area (Å²) in [5.74, 6) is 0.881. The van der Waals surface area contributed by atoms with Gasteiger partial charge < -0.3 is 20.2 Å². The summed E-state index contributed by atoms with van der Waals surface area (Å²) in [6.45, 7) is 2.36. The summed E-state index contributed by atoms with van der Waals surface area (Å²) in [4.78, 5) is 4.48. The Morgan fingerprint density at radius 3 is 2.74 bits per heavy atom. The van der Waals surface area contributed by atoms with Gasteiger partial charge in [0.25, 0.3) is 0 Å². The minimum absolute atomic E-state index is 0.262. The second-order valence-electron chi connectivity index (χ2n) is 5.35. The molecule has 0 saturated carbocycles. The van der Waals surface area contributed by atoms with E-state index in [1.807, 2.05) is 12.1 Å². The van der Waals surface area contributed by atoms with Gasteiger partial charge in [-0.05, 0) is 17.5 Å². The molecule has 0 saturated heterocycles. The zero-order chi connectivity index (χ0) is 16.4. The summed E-state index contributed by atoms with van der Waals surface area (Å²) in [5, 5.41) is 12.4. The molecule has 0 aliphatic carbocycles. The third-order valence-electron chi connectivity index (χ3n) is 3.91. The van der Waals surface area contributed by atoms with Gasteiger partial charge in [0.2, 0.25) is 11.8 Å². The van der Waals surface area contributed by atoms with E-state index in [0.29, 0.717) is 28.9 Å². The number of ether oxygens (including phenoxy) is 1. The van der Waals surface area contributed by atoms with Gasteiger partial charge in [0, 0.05) is 7.11 Å². The second kappa shape index (κ2) is 6.15. The number of hydrogen-bond donors (Lipinski definition) is 2. The number of rotatable bonds is 4. The molecular weight excluding hydrogens is 292 g/mol. The van der Waals surface area contributed by atoms with Gasteiger partial charge in [-0.15, -0.1) is 0 Å². The van der Waals surface area contributed by atoms with Crippen LogP contribution in [0.4, 0.5) is 5.88 Å². The molecule has 1 aliphatic rings. The summed E-state index contributed by atoms with van der Waals surface area (Å²) in [6, 6.07) is 10.3. The highest BCUT2D eigenvalue weighted by Gasteiger charge is 2.33. The average molecular weight is 310 g/mol. The molecule has 2 aromatic rings. The Balaban J connectivity index is 2.09. The van der Waals surface area contributed by atoms with Crippen molar-refractivity contribution in [3.8, 4) is 6.07 Å². The molecule has 2 heterocycles. The van der Waals surface area contributed by atoms with Crippen LogP contribution >= 0.6 is 0 Å². The van der Waals surface area contributed by atoms with Crippen LogP contribution in [0.3, 0.4) is 0 Å². The van der Waals surface area contributed by atoms with E-state index in [2.05, 4.69) is 35.4 Å². The van der Waals surface area contributed by atoms with E-state index in [0.717, 1.165) is 12.0 Å². The molecule has 6 heteroatoms. The van der Waals surface area contributed by atoms with Crippen molar-refractivity contribution < 1.29 is 9.15 Å². The zero-order valence-corrected chi connectivity index (χ0v) is 13.1. The van der Waals surface area contributed by atoms with Gasteiger partial charge in [-0.1, -0.05) is 31.2 Å². The molecule has 0 spiro atoms. The average Bonchev–Trinajstić information content (AvgIpc) is 2.96. The molecule has 23 heavy (non-hydrogen) atoms. The van der Waals surface area contributed by atoms with Crippen molar-refractivity contribution in [2.45, 2.75) is 25.9 Å². The molecule has 0 radical (unpaired) electrons. The minimum Gasteiger partial charge on any atom is -0.422 e. The molecule has 3 rings (SSSR count). The van der Waals surface area contributed by atoms with Gasteiger partial charge in [-0.25, -0.2) is 4.98 Å². The van der Waals surface area contributed by atoms with Gasteiger partial charge in [0.15, 0.2) is 0 Å². The van der Waals surface area contributed by atoms with E-state index >= 15 is 0 Å². The maximum Gasteiger partial charge on any atom is 0.223 e. The third-order valence-corrected chi connectivity index (χ3v) is 3.91. The number of aromatic nitrogens is 1. The van der Waals surface area contributed by atoms with E-state index in [1.165, 1.54) is 5.56 Å². The molecule has 1 aromatic heterocycles. The predicted molar refractivity (Wildman–Crippen MR) is 85.3 cm³/mol. The topological polar surface area (TPSA) is 97.1 Å². The van der Waals surface area contributed by atoms with E-state index in [1.54, 1.807) is 7.11 Å². The fraction of sp³-hybridized carbons (Fsp3) is 0.294. The highest BCUT2D eigenvalue weighted by Crippen LogP contribution is 2.40. The van der Waals surface area contributed by atoms with E-state index in [9.17, 15) is 5.26 Å². The fourth-order valence-electron chi connectivity index (χ4n) is 2.73. The highest BCUT2D eigenvalue weighted by atomic mass is 16.5. The minimum atomic E-state index is -0.337. The van der Waals surface area contributed by atoms with Crippen LogP contribution in [0, 0.1) is 11.3 Å². The van der Waals surface area contributed by atoms with Gasteiger partial charge in [0.1, 0.15) is 18.1 Å². The summed E-state index contributed by atoms with van der Waals surface area (Å²) >= 11 is 0. The van der Waals surface area contributed by atoms with Gasteiger partial charge in [0.05, 0.1) is 17.6 Å². The van der Waals surface area contributed by atoms with Crippen LogP contribution in [-0.4, -0.2) is 12.1 Å². The van der Waals surface area contributed by atoms with Crippen molar-refractivity contribution in [2.75, 3.05) is 12.4 Å². The molecule has 1 aliphatic heterocycles. The number of nitrogens with zero attached hydrogens (tertiary/aromatic N) is 2. The lowest BCUT2D eigenvalue weighted by Crippen LogP contribution is -2.22. The van der Waals surface area contributed by atoms with Crippen LogP contribution < -0.4 is 11.1 Å². The van der Waals surface area contributed by atoms with Crippen molar-refractivity contribution in [3.05, 3.63) is 58.4 Å². The van der Waals surface area contributed by atoms with E-state index < -0.39 is 0 Å². The number of oxazole rings is 1. The molecule has 0 bridgehead atoms. The summed E-state index contributed by atoms with van der Waals surface area (Å²) in [5.41, 5.74) is 9.30. The van der Waals surface area contributed by atoms with Crippen molar-refractivity contribution >= 4 is 5.88 Å². The van der Waals surface area contributed by atoms with E-state index in [-0.39, 0.29) is 12.5 Å². The Morgan fingerprint density at radius 1 is 1.39 bits per heavy atom. The van der Waals surface area contributed by atoms with Crippen molar-refractivity contribution in [2.24, 2.45) is 5.73 Å². The van der Waals surface area contributed by atoms with E-state index in [4.69, 9.17) is 14.9 Å². The van der Waals surface area contributed by atoms with Gasteiger partial charge in [-0.3, -0.25) is 0 Å². The number of nitrogens with one attached hydrogen (secondary N) is 1. The van der Waals surface area contributed by atoms with Crippen LogP contribution in [0.5, 0.6) is 0 Å². The molecule has 118 valence electrons. The first kappa shape index (κ1) is 15.1.